The molecule has 9 heteroatoms. The van der Waals surface area contributed by atoms with Crippen molar-refractivity contribution < 1.29 is 28.6 Å². The van der Waals surface area contributed by atoms with Crippen molar-refractivity contribution >= 4 is 29.4 Å². The van der Waals surface area contributed by atoms with E-state index in [9.17, 15) is 23.9 Å². The molecule has 7 nitrogen and oxygen atoms in total. The Hall–Kier alpha value is -2.97. The number of rotatable bonds is 6. The molecule has 0 saturated carbocycles. The molecule has 194 valence electrons. The van der Waals surface area contributed by atoms with Crippen LogP contribution in [0.25, 0.3) is 0 Å². The maximum atomic E-state index is 14.1. The normalized spacial score (nSPS) is 20.1. The average Bonchev–Trinajstić information content (AvgIpc) is 2.82. The monoisotopic (exact) mass is 518 g/mol. The topological polar surface area (TPSA) is 95.9 Å². The summed E-state index contributed by atoms with van der Waals surface area (Å²) in [5, 5.41) is 14.9. The largest absolute Gasteiger partial charge is 0.465 e. The number of methoxy groups -OCH3 is 1. The Morgan fingerprint density at radius 3 is 2.28 bits per heavy atom. The van der Waals surface area contributed by atoms with Crippen molar-refractivity contribution in [2.24, 2.45) is 11.3 Å². The summed E-state index contributed by atoms with van der Waals surface area (Å²) in [5.74, 6) is -2.79. The number of hydrogen-bond acceptors (Lipinski definition) is 5. The van der Waals surface area contributed by atoms with Crippen LogP contribution in [0.4, 0.5) is 4.39 Å². The maximum absolute atomic E-state index is 14.1. The zero-order chi connectivity index (χ0) is 26.8. The van der Waals surface area contributed by atoms with E-state index in [0.717, 1.165) is 24.8 Å². The van der Waals surface area contributed by atoms with Crippen LogP contribution in [0.3, 0.4) is 0 Å². The van der Waals surface area contributed by atoms with Gasteiger partial charge in [-0.2, -0.15) is 0 Å². The van der Waals surface area contributed by atoms with Crippen LogP contribution in [-0.4, -0.2) is 54.0 Å². The fourth-order valence-corrected chi connectivity index (χ4v) is 4.79. The minimum absolute atomic E-state index is 0.0927. The molecule has 0 spiro atoms. The Bertz CT molecular complexity index is 1150. The molecule has 3 rings (SSSR count). The first-order valence-electron chi connectivity index (χ1n) is 11.8. The van der Waals surface area contributed by atoms with E-state index < -0.39 is 34.8 Å². The van der Waals surface area contributed by atoms with E-state index in [1.54, 1.807) is 43.0 Å². The molecule has 1 aliphatic rings. The molecular formula is C27H32ClFN2O5. The third-order valence-corrected chi connectivity index (χ3v) is 7.14. The second kappa shape index (κ2) is 10.6. The fraction of sp³-hybridized carbons (Fsp3) is 0.444. The average molecular weight is 519 g/mol. The lowest BCUT2D eigenvalue weighted by Crippen LogP contribution is -2.60. The van der Waals surface area contributed by atoms with E-state index >= 15 is 0 Å². The number of amides is 2. The molecule has 1 heterocycles. The Morgan fingerprint density at radius 2 is 1.72 bits per heavy atom. The molecule has 1 aliphatic heterocycles. The maximum Gasteiger partial charge on any atom is 0.337 e. The minimum atomic E-state index is -1.17. The van der Waals surface area contributed by atoms with Gasteiger partial charge in [-0.25, -0.2) is 9.18 Å². The fourth-order valence-electron chi connectivity index (χ4n) is 4.66. The zero-order valence-electron chi connectivity index (χ0n) is 21.1. The Morgan fingerprint density at radius 1 is 1.11 bits per heavy atom. The van der Waals surface area contributed by atoms with Crippen molar-refractivity contribution in [2.75, 3.05) is 20.2 Å². The van der Waals surface area contributed by atoms with Gasteiger partial charge in [0.2, 0.25) is 5.91 Å². The van der Waals surface area contributed by atoms with Gasteiger partial charge in [-0.05, 0) is 48.2 Å². The predicted octanol–water partition coefficient (Wildman–Crippen LogP) is 4.17. The molecule has 0 aromatic heterocycles. The summed E-state index contributed by atoms with van der Waals surface area (Å²) in [7, 11) is 1.16. The number of esters is 1. The summed E-state index contributed by atoms with van der Waals surface area (Å²) in [6.07, 6.45) is 0.304. The standard InChI is InChI=1S/C27H32ClFN2O5/c1-16(2)22(30-23(32)17-12-18(25(34)36-5)14-21(29)13-17)24(33)31-11-10-27(35,26(3,4)15-31)19-6-8-20(28)9-7-19/h6-9,12-14,16,22,35H,10-11,15H2,1-5H3,(H,30,32)/t22-,27+/m1/s1. The lowest BCUT2D eigenvalue weighted by molar-refractivity contribution is -0.155. The predicted molar refractivity (Wildman–Crippen MR) is 134 cm³/mol. The third kappa shape index (κ3) is 5.55. The van der Waals surface area contributed by atoms with E-state index in [1.165, 1.54) is 6.07 Å². The molecule has 2 N–H and O–H groups in total. The van der Waals surface area contributed by atoms with Gasteiger partial charge in [0.1, 0.15) is 11.9 Å². The highest BCUT2D eigenvalue weighted by molar-refractivity contribution is 6.30. The molecule has 2 atom stereocenters. The van der Waals surface area contributed by atoms with Crippen molar-refractivity contribution in [3.63, 3.8) is 0 Å². The lowest BCUT2D eigenvalue weighted by Gasteiger charge is -2.51. The number of carbonyl (C=O) groups is 3. The van der Waals surface area contributed by atoms with Gasteiger partial charge in [0.15, 0.2) is 0 Å². The summed E-state index contributed by atoms with van der Waals surface area (Å²) in [6, 6.07) is 9.35. The molecule has 2 aromatic rings. The van der Waals surface area contributed by atoms with Crippen molar-refractivity contribution in [1.82, 2.24) is 10.2 Å². The highest BCUT2D eigenvalue weighted by Crippen LogP contribution is 2.46. The SMILES string of the molecule is COC(=O)c1cc(F)cc(C(=O)N[C@@H](C(=O)N2CC[C@](O)(c3ccc(Cl)cc3)C(C)(C)C2)C(C)C)c1. The minimum Gasteiger partial charge on any atom is -0.465 e. The summed E-state index contributed by atoms with van der Waals surface area (Å²) in [5.41, 5.74) is -1.33. The van der Waals surface area contributed by atoms with E-state index in [0.29, 0.717) is 11.4 Å². The second-order valence-electron chi connectivity index (χ2n) is 10.2. The lowest BCUT2D eigenvalue weighted by atomic mass is 9.66. The third-order valence-electron chi connectivity index (χ3n) is 6.88. The van der Waals surface area contributed by atoms with Crippen molar-refractivity contribution in [2.45, 2.75) is 45.8 Å². The van der Waals surface area contributed by atoms with E-state index in [2.05, 4.69) is 10.1 Å². The molecule has 0 aliphatic carbocycles. The number of halogens is 2. The Labute approximate surface area is 215 Å². The second-order valence-corrected chi connectivity index (χ2v) is 10.6. The molecule has 0 bridgehead atoms. The van der Waals surface area contributed by atoms with Crippen LogP contribution in [0.2, 0.25) is 5.02 Å². The van der Waals surface area contributed by atoms with Gasteiger partial charge < -0.3 is 20.1 Å². The zero-order valence-corrected chi connectivity index (χ0v) is 21.9. The molecule has 1 fully saturated rings. The summed E-state index contributed by atoms with van der Waals surface area (Å²) < 4.78 is 18.7. The molecular weight excluding hydrogens is 487 g/mol. The van der Waals surface area contributed by atoms with Crippen LogP contribution in [0.1, 0.15) is 60.4 Å². The van der Waals surface area contributed by atoms with Gasteiger partial charge in [-0.15, -0.1) is 0 Å². The number of piperidine rings is 1. The van der Waals surface area contributed by atoms with Crippen LogP contribution in [0.15, 0.2) is 42.5 Å². The highest BCUT2D eigenvalue weighted by atomic mass is 35.5. The van der Waals surface area contributed by atoms with Crippen LogP contribution in [0.5, 0.6) is 0 Å². The smallest absolute Gasteiger partial charge is 0.337 e. The van der Waals surface area contributed by atoms with E-state index in [4.69, 9.17) is 11.6 Å². The van der Waals surface area contributed by atoms with Crippen LogP contribution >= 0.6 is 11.6 Å². The number of aliphatic hydroxyl groups is 1. The van der Waals surface area contributed by atoms with Gasteiger partial charge >= 0.3 is 5.97 Å². The number of likely N-dealkylation sites (tertiary alicyclic amines) is 1. The van der Waals surface area contributed by atoms with Crippen molar-refractivity contribution in [1.29, 1.82) is 0 Å². The quantitative estimate of drug-likeness (QED) is 0.560. The number of ether oxygens (including phenoxy) is 1. The van der Waals surface area contributed by atoms with E-state index in [-0.39, 0.29) is 36.0 Å². The number of hydrogen-bond donors (Lipinski definition) is 2. The number of benzene rings is 2. The first-order valence-corrected chi connectivity index (χ1v) is 12.1. The van der Waals surface area contributed by atoms with Gasteiger partial charge in [0.25, 0.3) is 5.91 Å². The van der Waals surface area contributed by atoms with Crippen LogP contribution in [-0.2, 0) is 15.1 Å². The van der Waals surface area contributed by atoms with Crippen molar-refractivity contribution in [3.8, 4) is 0 Å². The van der Waals surface area contributed by atoms with Crippen molar-refractivity contribution in [3.05, 3.63) is 70.0 Å². The summed E-state index contributed by atoms with van der Waals surface area (Å²) in [6.45, 7) is 7.93. The number of nitrogens with zero attached hydrogens (tertiary/aromatic N) is 1. The van der Waals surface area contributed by atoms with Gasteiger partial charge in [-0.3, -0.25) is 9.59 Å². The summed E-state index contributed by atoms with van der Waals surface area (Å²) in [4.78, 5) is 39.9. The first kappa shape index (κ1) is 27.6. The highest BCUT2D eigenvalue weighted by Gasteiger charge is 2.50. The molecule has 0 radical (unpaired) electrons. The van der Waals surface area contributed by atoms with Gasteiger partial charge in [0, 0.05) is 29.1 Å². The van der Waals surface area contributed by atoms with Gasteiger partial charge in [0.05, 0.1) is 18.3 Å². The van der Waals surface area contributed by atoms with E-state index in [1.807, 2.05) is 13.8 Å². The molecule has 2 aromatic carbocycles. The molecule has 2 amide bonds. The van der Waals surface area contributed by atoms with Crippen LogP contribution in [0, 0.1) is 17.2 Å². The Kier molecular flexibility index (Phi) is 8.10. The molecule has 36 heavy (non-hydrogen) atoms. The van der Waals surface area contributed by atoms with Crippen LogP contribution < -0.4 is 5.32 Å². The Balaban J connectivity index is 1.79. The number of carbonyl (C=O) groups excluding carboxylic acids is 3. The molecule has 0 unspecified atom stereocenters. The number of nitrogens with one attached hydrogen (secondary N) is 1. The van der Waals surface area contributed by atoms with Gasteiger partial charge in [-0.1, -0.05) is 51.4 Å². The first-order chi connectivity index (χ1) is 16.8. The molecule has 1 saturated heterocycles. The summed E-state index contributed by atoms with van der Waals surface area (Å²) >= 11 is 6.01.